The first kappa shape index (κ1) is 27.9. The molecule has 0 aliphatic carbocycles. The molecule has 0 radical (unpaired) electrons. The fraction of sp³-hybridized carbons (Fsp3) is 0.267. The van der Waals surface area contributed by atoms with Crippen LogP contribution in [-0.4, -0.2) is 39.5 Å². The van der Waals surface area contributed by atoms with E-state index < -0.39 is 12.0 Å². The molecule has 0 amide bonds. The standard InChI is InChI=1S/C30H27Cl2FN4O3/c1-30(2,3)36(4)29(38)27-23-15-40-26-13-25(39-5)20(19-7-6-8-24(33)22(19)14-34)12-21(26)28(23)37(35-27)18-10-16(31)9-17(32)11-18/h6-13,29,38H,15H2,1-5H3. The van der Waals surface area contributed by atoms with Gasteiger partial charge in [-0.3, -0.25) is 4.90 Å². The van der Waals surface area contributed by atoms with Crippen LogP contribution in [-0.2, 0) is 6.61 Å². The van der Waals surface area contributed by atoms with Gasteiger partial charge in [0.05, 0.1) is 24.1 Å². The Hall–Kier alpha value is -3.61. The molecule has 1 aliphatic heterocycles. The van der Waals surface area contributed by atoms with Crippen molar-refractivity contribution < 1.29 is 19.0 Å². The first-order valence-corrected chi connectivity index (χ1v) is 13.2. The van der Waals surface area contributed by atoms with E-state index in [0.29, 0.717) is 60.9 Å². The summed E-state index contributed by atoms with van der Waals surface area (Å²) in [5.41, 5.74) is 3.33. The number of benzene rings is 3. The second-order valence-electron chi connectivity index (χ2n) is 10.5. The Morgan fingerprint density at radius 1 is 1.12 bits per heavy atom. The second kappa shape index (κ2) is 10.4. The Bertz CT molecular complexity index is 1650. The van der Waals surface area contributed by atoms with E-state index in [4.69, 9.17) is 37.8 Å². The maximum absolute atomic E-state index is 14.6. The first-order chi connectivity index (χ1) is 18.9. The van der Waals surface area contributed by atoms with Crippen molar-refractivity contribution >= 4 is 23.2 Å². The van der Waals surface area contributed by atoms with Gasteiger partial charge in [0.25, 0.3) is 0 Å². The van der Waals surface area contributed by atoms with E-state index in [1.54, 1.807) is 47.1 Å². The van der Waals surface area contributed by atoms with Crippen molar-refractivity contribution in [2.24, 2.45) is 0 Å². The van der Waals surface area contributed by atoms with Gasteiger partial charge in [0.2, 0.25) is 0 Å². The van der Waals surface area contributed by atoms with Crippen LogP contribution in [0.4, 0.5) is 4.39 Å². The summed E-state index contributed by atoms with van der Waals surface area (Å²) in [6.45, 7) is 6.11. The van der Waals surface area contributed by atoms with Crippen molar-refractivity contribution in [1.82, 2.24) is 14.7 Å². The summed E-state index contributed by atoms with van der Waals surface area (Å²) in [5.74, 6) is 0.280. The van der Waals surface area contributed by atoms with Gasteiger partial charge in [-0.25, -0.2) is 9.07 Å². The zero-order chi connectivity index (χ0) is 28.9. The van der Waals surface area contributed by atoms with Gasteiger partial charge in [0, 0.05) is 43.9 Å². The van der Waals surface area contributed by atoms with Crippen LogP contribution in [0, 0.1) is 17.1 Å². The highest BCUT2D eigenvalue weighted by molar-refractivity contribution is 6.34. The molecule has 1 aliphatic rings. The molecule has 1 N–H and O–H groups in total. The Morgan fingerprint density at radius 3 is 2.45 bits per heavy atom. The lowest BCUT2D eigenvalue weighted by atomic mass is 9.93. The van der Waals surface area contributed by atoms with Crippen LogP contribution < -0.4 is 9.47 Å². The van der Waals surface area contributed by atoms with Gasteiger partial charge in [-0.05, 0) is 58.2 Å². The zero-order valence-electron chi connectivity index (χ0n) is 22.6. The molecule has 10 heteroatoms. The molecule has 0 saturated carbocycles. The van der Waals surface area contributed by atoms with Crippen molar-refractivity contribution in [3.8, 4) is 45.6 Å². The minimum atomic E-state index is -1.05. The third-order valence-corrected chi connectivity index (χ3v) is 7.56. The van der Waals surface area contributed by atoms with Gasteiger partial charge < -0.3 is 14.6 Å². The third kappa shape index (κ3) is 4.80. The first-order valence-electron chi connectivity index (χ1n) is 12.5. The molecule has 0 bridgehead atoms. The smallest absolute Gasteiger partial charge is 0.153 e. The van der Waals surface area contributed by atoms with Gasteiger partial charge >= 0.3 is 0 Å². The molecule has 7 nitrogen and oxygen atoms in total. The molecule has 4 aromatic rings. The number of fused-ring (bicyclic) bond motifs is 3. The Labute approximate surface area is 241 Å². The van der Waals surface area contributed by atoms with Crippen LogP contribution in [0.15, 0.2) is 48.5 Å². The molecule has 1 unspecified atom stereocenters. The molecule has 40 heavy (non-hydrogen) atoms. The van der Waals surface area contributed by atoms with Crippen molar-refractivity contribution in [3.05, 3.63) is 81.2 Å². The number of halogens is 3. The van der Waals surface area contributed by atoms with Crippen LogP contribution >= 0.6 is 23.2 Å². The number of rotatable bonds is 5. The fourth-order valence-corrected chi connectivity index (χ4v) is 5.26. The van der Waals surface area contributed by atoms with Crippen LogP contribution in [0.5, 0.6) is 11.5 Å². The van der Waals surface area contributed by atoms with Crippen molar-refractivity contribution in [2.45, 2.75) is 39.1 Å². The fourth-order valence-electron chi connectivity index (χ4n) is 4.75. The topological polar surface area (TPSA) is 83.5 Å². The summed E-state index contributed by atoms with van der Waals surface area (Å²) in [4.78, 5) is 1.81. The monoisotopic (exact) mass is 580 g/mol. The number of hydrogen-bond acceptors (Lipinski definition) is 6. The largest absolute Gasteiger partial charge is 0.496 e. The number of aliphatic hydroxyl groups excluding tert-OH is 1. The van der Waals surface area contributed by atoms with Gasteiger partial charge in [-0.2, -0.15) is 10.4 Å². The molecular weight excluding hydrogens is 554 g/mol. The lowest BCUT2D eigenvalue weighted by Gasteiger charge is -2.35. The summed E-state index contributed by atoms with van der Waals surface area (Å²) in [7, 11) is 3.32. The molecule has 2 heterocycles. The summed E-state index contributed by atoms with van der Waals surface area (Å²) in [5, 5.41) is 26.9. The minimum Gasteiger partial charge on any atom is -0.496 e. The highest BCUT2D eigenvalue weighted by Crippen LogP contribution is 2.47. The SMILES string of the molecule is COc1cc2c(cc1-c1cccc(F)c1C#N)-c1c(c(C(O)N(C)C(C)(C)C)nn1-c1cc(Cl)cc(Cl)c1)CO2. The van der Waals surface area contributed by atoms with Crippen molar-refractivity contribution in [3.63, 3.8) is 0 Å². The molecule has 0 saturated heterocycles. The van der Waals surface area contributed by atoms with E-state index in [1.165, 1.54) is 13.2 Å². The average molecular weight is 581 g/mol. The lowest BCUT2D eigenvalue weighted by molar-refractivity contribution is -0.0374. The lowest BCUT2D eigenvalue weighted by Crippen LogP contribution is -2.41. The predicted molar refractivity (Wildman–Crippen MR) is 152 cm³/mol. The second-order valence-corrected chi connectivity index (χ2v) is 11.4. The molecule has 0 fully saturated rings. The highest BCUT2D eigenvalue weighted by Gasteiger charge is 2.35. The van der Waals surface area contributed by atoms with E-state index in [9.17, 15) is 14.8 Å². The highest BCUT2D eigenvalue weighted by atomic mass is 35.5. The maximum Gasteiger partial charge on any atom is 0.153 e. The average Bonchev–Trinajstić information content (AvgIpc) is 3.30. The molecule has 1 atom stereocenters. The summed E-state index contributed by atoms with van der Waals surface area (Å²) in [6.07, 6.45) is -1.05. The summed E-state index contributed by atoms with van der Waals surface area (Å²) < 4.78 is 28.1. The van der Waals surface area contributed by atoms with Crippen LogP contribution in [0.2, 0.25) is 10.0 Å². The van der Waals surface area contributed by atoms with Gasteiger partial charge in [0.1, 0.15) is 35.7 Å². The number of nitriles is 1. The van der Waals surface area contributed by atoms with Crippen LogP contribution in [0.25, 0.3) is 28.1 Å². The van der Waals surface area contributed by atoms with Gasteiger partial charge in [-0.15, -0.1) is 0 Å². The Kier molecular flexibility index (Phi) is 7.28. The van der Waals surface area contributed by atoms with E-state index in [1.807, 2.05) is 38.8 Å². The summed E-state index contributed by atoms with van der Waals surface area (Å²) >= 11 is 12.7. The normalized spacial score (nSPS) is 13.3. The third-order valence-electron chi connectivity index (χ3n) is 7.12. The summed E-state index contributed by atoms with van der Waals surface area (Å²) in [6, 6.07) is 15.0. The van der Waals surface area contributed by atoms with E-state index in [0.717, 1.165) is 0 Å². The number of methoxy groups -OCH3 is 1. The number of aliphatic hydroxyl groups is 1. The van der Waals surface area contributed by atoms with Crippen LogP contribution in [0.1, 0.15) is 43.8 Å². The molecule has 206 valence electrons. The molecule has 3 aromatic carbocycles. The van der Waals surface area contributed by atoms with E-state index in [2.05, 4.69) is 0 Å². The Balaban J connectivity index is 1.82. The van der Waals surface area contributed by atoms with Gasteiger partial charge in [-0.1, -0.05) is 35.3 Å². The maximum atomic E-state index is 14.6. The zero-order valence-corrected chi connectivity index (χ0v) is 24.1. The van der Waals surface area contributed by atoms with E-state index in [-0.39, 0.29) is 17.7 Å². The van der Waals surface area contributed by atoms with Crippen LogP contribution in [0.3, 0.4) is 0 Å². The van der Waals surface area contributed by atoms with Gasteiger partial charge in [0.15, 0.2) is 6.23 Å². The number of aromatic nitrogens is 2. The number of hydrogen-bond donors (Lipinski definition) is 1. The number of nitrogens with zero attached hydrogens (tertiary/aromatic N) is 4. The van der Waals surface area contributed by atoms with E-state index >= 15 is 0 Å². The van der Waals surface area contributed by atoms with Crippen molar-refractivity contribution in [1.29, 1.82) is 5.26 Å². The minimum absolute atomic E-state index is 0.101. The van der Waals surface area contributed by atoms with Crippen molar-refractivity contribution in [2.75, 3.05) is 14.2 Å². The molecule has 0 spiro atoms. The quantitative estimate of drug-likeness (QED) is 0.252. The number of ether oxygens (including phenoxy) is 2. The molecule has 5 rings (SSSR count). The predicted octanol–water partition coefficient (Wildman–Crippen LogP) is 7.15. The Morgan fingerprint density at radius 2 is 1.82 bits per heavy atom. The molecular formula is C30H27Cl2FN4O3. The molecule has 1 aromatic heterocycles.